The van der Waals surface area contributed by atoms with Crippen molar-refractivity contribution >= 4 is 16.6 Å². The maximum Gasteiger partial charge on any atom is 0.249 e. The first-order valence-corrected chi connectivity index (χ1v) is 6.96. The first-order chi connectivity index (χ1) is 10.7. The van der Waals surface area contributed by atoms with E-state index in [0.29, 0.717) is 18.2 Å². The summed E-state index contributed by atoms with van der Waals surface area (Å²) in [5.41, 5.74) is 7.94. The smallest absolute Gasteiger partial charge is 0.249 e. The second-order valence-corrected chi connectivity index (χ2v) is 4.71. The lowest BCUT2D eigenvalue weighted by Gasteiger charge is -2.11. The molecule has 0 saturated heterocycles. The molecule has 2 heterocycles. The summed E-state index contributed by atoms with van der Waals surface area (Å²) in [6, 6.07) is 9.66. The molecule has 112 valence electrons. The van der Waals surface area contributed by atoms with Crippen LogP contribution in [0.5, 0.6) is 17.5 Å². The minimum atomic E-state index is 0.259. The van der Waals surface area contributed by atoms with Crippen LogP contribution >= 0.6 is 0 Å². The highest BCUT2D eigenvalue weighted by Gasteiger charge is 2.13. The van der Waals surface area contributed by atoms with Crippen LogP contribution in [0.2, 0.25) is 0 Å². The van der Waals surface area contributed by atoms with Crippen LogP contribution in [0, 0.1) is 6.92 Å². The van der Waals surface area contributed by atoms with E-state index in [1.165, 1.54) is 6.33 Å². The van der Waals surface area contributed by atoms with E-state index in [-0.39, 0.29) is 11.6 Å². The number of aromatic nitrogens is 3. The Morgan fingerprint density at radius 1 is 1.09 bits per heavy atom. The molecule has 6 nitrogen and oxygen atoms in total. The Balaban J connectivity index is 2.03. The first kappa shape index (κ1) is 14.1. The number of rotatable bonds is 4. The molecule has 3 rings (SSSR count). The lowest BCUT2D eigenvalue weighted by Crippen LogP contribution is -2.03. The van der Waals surface area contributed by atoms with Crippen LogP contribution in [0.4, 0.5) is 5.69 Å². The van der Waals surface area contributed by atoms with Crippen molar-refractivity contribution in [2.24, 2.45) is 0 Å². The molecule has 2 N–H and O–H groups in total. The number of nitrogen functional groups attached to an aromatic ring is 1. The van der Waals surface area contributed by atoms with E-state index in [2.05, 4.69) is 15.0 Å². The molecule has 22 heavy (non-hydrogen) atoms. The number of anilines is 1. The third-order valence-corrected chi connectivity index (χ3v) is 3.12. The predicted octanol–water partition coefficient (Wildman–Crippen LogP) is 3.11. The molecule has 0 radical (unpaired) electrons. The Kier molecular flexibility index (Phi) is 3.74. The Morgan fingerprint density at radius 3 is 2.73 bits per heavy atom. The van der Waals surface area contributed by atoms with Crippen molar-refractivity contribution < 1.29 is 9.47 Å². The van der Waals surface area contributed by atoms with E-state index >= 15 is 0 Å². The fourth-order valence-electron chi connectivity index (χ4n) is 2.10. The van der Waals surface area contributed by atoms with Crippen molar-refractivity contribution in [3.8, 4) is 17.5 Å². The highest BCUT2D eigenvalue weighted by atomic mass is 16.5. The van der Waals surface area contributed by atoms with Gasteiger partial charge in [-0.1, -0.05) is 18.2 Å². The summed E-state index contributed by atoms with van der Waals surface area (Å²) in [5.74, 6) is 1.17. The normalized spacial score (nSPS) is 10.6. The van der Waals surface area contributed by atoms with Gasteiger partial charge in [-0.3, -0.25) is 0 Å². The monoisotopic (exact) mass is 296 g/mol. The Labute approximate surface area is 127 Å². The SMILES string of the molecule is CCOc1ncnc(Oc2cccc3ccc(C)nc23)c1N. The molecule has 2 aromatic heterocycles. The predicted molar refractivity (Wildman–Crippen MR) is 84.2 cm³/mol. The lowest BCUT2D eigenvalue weighted by atomic mass is 10.2. The summed E-state index contributed by atoms with van der Waals surface area (Å²) in [6.07, 6.45) is 1.36. The van der Waals surface area contributed by atoms with E-state index in [4.69, 9.17) is 15.2 Å². The van der Waals surface area contributed by atoms with Gasteiger partial charge in [0.15, 0.2) is 11.4 Å². The third-order valence-electron chi connectivity index (χ3n) is 3.12. The molecule has 0 fully saturated rings. The van der Waals surface area contributed by atoms with Gasteiger partial charge in [-0.15, -0.1) is 0 Å². The fraction of sp³-hybridized carbons (Fsp3) is 0.188. The number of benzene rings is 1. The van der Waals surface area contributed by atoms with Gasteiger partial charge in [0, 0.05) is 11.1 Å². The summed E-state index contributed by atoms with van der Waals surface area (Å²) in [6.45, 7) is 4.26. The van der Waals surface area contributed by atoms with Crippen LogP contribution in [0.15, 0.2) is 36.7 Å². The molecule has 0 aliphatic heterocycles. The van der Waals surface area contributed by atoms with Crippen LogP contribution in [0.3, 0.4) is 0 Å². The number of nitrogens with zero attached hydrogens (tertiary/aromatic N) is 3. The third kappa shape index (κ3) is 2.63. The fourth-order valence-corrected chi connectivity index (χ4v) is 2.10. The summed E-state index contributed by atoms with van der Waals surface area (Å²) in [5, 5.41) is 0.987. The molecule has 6 heteroatoms. The van der Waals surface area contributed by atoms with Crippen molar-refractivity contribution in [3.63, 3.8) is 0 Å². The zero-order chi connectivity index (χ0) is 15.5. The van der Waals surface area contributed by atoms with Gasteiger partial charge in [-0.05, 0) is 26.0 Å². The van der Waals surface area contributed by atoms with Gasteiger partial charge < -0.3 is 15.2 Å². The number of fused-ring (bicyclic) bond motifs is 1. The zero-order valence-corrected chi connectivity index (χ0v) is 12.4. The second-order valence-electron chi connectivity index (χ2n) is 4.71. The number of hydrogen-bond acceptors (Lipinski definition) is 6. The van der Waals surface area contributed by atoms with Gasteiger partial charge in [-0.2, -0.15) is 9.97 Å². The molecule has 3 aromatic rings. The minimum Gasteiger partial charge on any atom is -0.476 e. The maximum atomic E-state index is 6.00. The molecular weight excluding hydrogens is 280 g/mol. The number of para-hydroxylation sites is 1. The Morgan fingerprint density at radius 2 is 1.91 bits per heavy atom. The van der Waals surface area contributed by atoms with Gasteiger partial charge in [0.1, 0.15) is 11.8 Å². The molecule has 0 saturated carbocycles. The van der Waals surface area contributed by atoms with E-state index in [9.17, 15) is 0 Å². The van der Waals surface area contributed by atoms with Crippen molar-refractivity contribution in [2.75, 3.05) is 12.3 Å². The van der Waals surface area contributed by atoms with Crippen molar-refractivity contribution in [2.45, 2.75) is 13.8 Å². The topological polar surface area (TPSA) is 83.2 Å². The van der Waals surface area contributed by atoms with Crippen LogP contribution in [-0.2, 0) is 0 Å². The summed E-state index contributed by atoms with van der Waals surface area (Å²) < 4.78 is 11.2. The number of nitrogens with two attached hydrogens (primary N) is 1. The van der Waals surface area contributed by atoms with E-state index in [0.717, 1.165) is 16.6 Å². The highest BCUT2D eigenvalue weighted by Crippen LogP contribution is 2.33. The van der Waals surface area contributed by atoms with E-state index in [1.54, 1.807) is 0 Å². The molecule has 0 atom stereocenters. The van der Waals surface area contributed by atoms with Gasteiger partial charge in [0.2, 0.25) is 11.8 Å². The van der Waals surface area contributed by atoms with Crippen LogP contribution in [-0.4, -0.2) is 21.6 Å². The van der Waals surface area contributed by atoms with E-state index in [1.807, 2.05) is 44.2 Å². The van der Waals surface area contributed by atoms with Gasteiger partial charge in [0.25, 0.3) is 0 Å². The summed E-state index contributed by atoms with van der Waals surface area (Å²) >= 11 is 0. The Hall–Kier alpha value is -2.89. The summed E-state index contributed by atoms with van der Waals surface area (Å²) in [7, 11) is 0. The number of aryl methyl sites for hydroxylation is 1. The lowest BCUT2D eigenvalue weighted by molar-refractivity contribution is 0.325. The molecule has 1 aromatic carbocycles. The molecule has 0 aliphatic carbocycles. The van der Waals surface area contributed by atoms with E-state index < -0.39 is 0 Å². The average Bonchev–Trinajstić information content (AvgIpc) is 2.52. The molecule has 0 spiro atoms. The van der Waals surface area contributed by atoms with Crippen LogP contribution in [0.1, 0.15) is 12.6 Å². The summed E-state index contributed by atoms with van der Waals surface area (Å²) in [4.78, 5) is 12.6. The number of ether oxygens (including phenoxy) is 2. The highest BCUT2D eigenvalue weighted by molar-refractivity contribution is 5.85. The molecule has 0 unspecified atom stereocenters. The van der Waals surface area contributed by atoms with Crippen molar-refractivity contribution in [1.29, 1.82) is 0 Å². The maximum absolute atomic E-state index is 6.00. The zero-order valence-electron chi connectivity index (χ0n) is 12.4. The van der Waals surface area contributed by atoms with Crippen molar-refractivity contribution in [1.82, 2.24) is 15.0 Å². The number of hydrogen-bond donors (Lipinski definition) is 1. The molecule has 0 aliphatic rings. The first-order valence-electron chi connectivity index (χ1n) is 6.96. The minimum absolute atomic E-state index is 0.259. The van der Waals surface area contributed by atoms with Crippen molar-refractivity contribution in [3.05, 3.63) is 42.4 Å². The standard InChI is InChI=1S/C16H16N4O2/c1-3-21-15-13(17)16(19-9-18-15)22-12-6-4-5-11-8-7-10(2)20-14(11)12/h4-9H,3,17H2,1-2H3. The van der Waals surface area contributed by atoms with Gasteiger partial charge in [-0.25, -0.2) is 4.98 Å². The largest absolute Gasteiger partial charge is 0.476 e. The Bertz CT molecular complexity index is 820. The number of pyridine rings is 1. The quantitative estimate of drug-likeness (QED) is 0.796. The molecular formula is C16H16N4O2. The molecule has 0 amide bonds. The van der Waals surface area contributed by atoms with Gasteiger partial charge in [0.05, 0.1) is 6.61 Å². The van der Waals surface area contributed by atoms with Gasteiger partial charge >= 0.3 is 0 Å². The van der Waals surface area contributed by atoms with Crippen LogP contribution < -0.4 is 15.2 Å². The second kappa shape index (κ2) is 5.85. The molecule has 0 bridgehead atoms. The average molecular weight is 296 g/mol. The van der Waals surface area contributed by atoms with Crippen LogP contribution in [0.25, 0.3) is 10.9 Å².